The molecule has 1 aliphatic carbocycles. The minimum atomic E-state index is -0.800. The van der Waals surface area contributed by atoms with Gasteiger partial charge in [-0.2, -0.15) is 0 Å². The Hall–Kier alpha value is -0.900. The molecule has 1 aliphatic rings. The lowest BCUT2D eigenvalue weighted by Crippen LogP contribution is -1.99. The fourth-order valence-electron chi connectivity index (χ4n) is 1.62. The van der Waals surface area contributed by atoms with Crippen LogP contribution >= 0.6 is 15.9 Å². The Morgan fingerprint density at radius 2 is 2.29 bits per heavy atom. The first-order valence-electron chi connectivity index (χ1n) is 4.28. The van der Waals surface area contributed by atoms with Crippen molar-refractivity contribution < 1.29 is 14.3 Å². The third-order valence-electron chi connectivity index (χ3n) is 2.49. The summed E-state index contributed by atoms with van der Waals surface area (Å²) in [4.78, 5) is 10.6. The van der Waals surface area contributed by atoms with Crippen LogP contribution in [0, 0.1) is 11.7 Å². The zero-order valence-electron chi connectivity index (χ0n) is 7.21. The predicted molar refractivity (Wildman–Crippen MR) is 52.6 cm³/mol. The summed E-state index contributed by atoms with van der Waals surface area (Å²) in [6, 6.07) is 4.72. The Morgan fingerprint density at radius 3 is 2.86 bits per heavy atom. The van der Waals surface area contributed by atoms with Crippen LogP contribution in [0.2, 0.25) is 0 Å². The highest BCUT2D eigenvalue weighted by molar-refractivity contribution is 9.10. The smallest absolute Gasteiger partial charge is 0.307 e. The predicted octanol–water partition coefficient (Wildman–Crippen LogP) is 2.78. The SMILES string of the molecule is O=C(O)C1CC1c1cccc(F)c1Br. The molecular formula is C10H8BrFO2. The summed E-state index contributed by atoms with van der Waals surface area (Å²) in [6.45, 7) is 0. The topological polar surface area (TPSA) is 37.3 Å². The molecule has 0 saturated heterocycles. The Balaban J connectivity index is 2.27. The van der Waals surface area contributed by atoms with Crippen LogP contribution in [0.3, 0.4) is 0 Å². The first-order chi connectivity index (χ1) is 6.61. The van der Waals surface area contributed by atoms with E-state index in [2.05, 4.69) is 15.9 Å². The molecule has 2 unspecified atom stereocenters. The monoisotopic (exact) mass is 258 g/mol. The van der Waals surface area contributed by atoms with Gasteiger partial charge in [0.05, 0.1) is 10.4 Å². The maximum Gasteiger partial charge on any atom is 0.307 e. The van der Waals surface area contributed by atoms with E-state index in [1.807, 2.05) is 0 Å². The normalized spacial score (nSPS) is 24.7. The second-order valence-corrected chi connectivity index (χ2v) is 4.22. The van der Waals surface area contributed by atoms with Crippen LogP contribution in [-0.2, 0) is 4.79 Å². The summed E-state index contributed by atoms with van der Waals surface area (Å²) in [5, 5.41) is 8.74. The van der Waals surface area contributed by atoms with E-state index in [9.17, 15) is 9.18 Å². The van der Waals surface area contributed by atoms with E-state index in [1.54, 1.807) is 12.1 Å². The highest BCUT2D eigenvalue weighted by Crippen LogP contribution is 2.49. The lowest BCUT2D eigenvalue weighted by atomic mass is 10.1. The minimum Gasteiger partial charge on any atom is -0.481 e. The van der Waals surface area contributed by atoms with Crippen LogP contribution in [0.1, 0.15) is 17.9 Å². The van der Waals surface area contributed by atoms with Crippen molar-refractivity contribution in [1.29, 1.82) is 0 Å². The van der Waals surface area contributed by atoms with Crippen molar-refractivity contribution in [1.82, 2.24) is 0 Å². The van der Waals surface area contributed by atoms with Gasteiger partial charge in [0.25, 0.3) is 0 Å². The maximum absolute atomic E-state index is 13.1. The van der Waals surface area contributed by atoms with Gasteiger partial charge in [-0.25, -0.2) is 4.39 Å². The van der Waals surface area contributed by atoms with Gasteiger partial charge in [0, 0.05) is 0 Å². The number of carboxylic acids is 1. The first-order valence-corrected chi connectivity index (χ1v) is 5.07. The van der Waals surface area contributed by atoms with Gasteiger partial charge in [-0.05, 0) is 39.9 Å². The molecule has 14 heavy (non-hydrogen) atoms. The third-order valence-corrected chi connectivity index (χ3v) is 3.33. The molecule has 1 aromatic rings. The average molecular weight is 259 g/mol. The Morgan fingerprint density at radius 1 is 1.57 bits per heavy atom. The quantitative estimate of drug-likeness (QED) is 0.886. The summed E-state index contributed by atoms with van der Waals surface area (Å²) in [7, 11) is 0. The fourth-order valence-corrected chi connectivity index (χ4v) is 2.18. The van der Waals surface area contributed by atoms with Gasteiger partial charge < -0.3 is 5.11 Å². The molecule has 0 aromatic heterocycles. The number of hydrogen-bond donors (Lipinski definition) is 1. The number of hydrogen-bond acceptors (Lipinski definition) is 1. The van der Waals surface area contributed by atoms with E-state index in [4.69, 9.17) is 5.11 Å². The lowest BCUT2D eigenvalue weighted by molar-refractivity contribution is -0.138. The third kappa shape index (κ3) is 1.54. The van der Waals surface area contributed by atoms with Crippen molar-refractivity contribution in [2.45, 2.75) is 12.3 Å². The molecule has 2 atom stereocenters. The summed E-state index contributed by atoms with van der Waals surface area (Å²) in [5.74, 6) is -1.50. The molecule has 4 heteroatoms. The van der Waals surface area contributed by atoms with Crippen LogP contribution in [0.15, 0.2) is 22.7 Å². The van der Waals surface area contributed by atoms with Crippen LogP contribution in [0.5, 0.6) is 0 Å². The second kappa shape index (κ2) is 3.35. The van der Waals surface area contributed by atoms with Crippen molar-refractivity contribution in [3.8, 4) is 0 Å². The van der Waals surface area contributed by atoms with E-state index < -0.39 is 5.97 Å². The standard InChI is InChI=1S/C10H8BrFO2/c11-9-5(2-1-3-8(9)12)6-4-7(6)10(13)14/h1-3,6-7H,4H2,(H,13,14). The van der Waals surface area contributed by atoms with E-state index in [1.165, 1.54) is 6.07 Å². The van der Waals surface area contributed by atoms with E-state index in [-0.39, 0.29) is 17.7 Å². The van der Waals surface area contributed by atoms with Crippen LogP contribution in [-0.4, -0.2) is 11.1 Å². The summed E-state index contributed by atoms with van der Waals surface area (Å²) >= 11 is 3.13. The zero-order valence-corrected chi connectivity index (χ0v) is 8.79. The van der Waals surface area contributed by atoms with Gasteiger partial charge in [0.15, 0.2) is 0 Å². The Labute approximate surface area is 88.9 Å². The van der Waals surface area contributed by atoms with Crippen molar-refractivity contribution in [2.75, 3.05) is 0 Å². The molecule has 1 N–H and O–H groups in total. The molecule has 0 heterocycles. The summed E-state index contributed by atoms with van der Waals surface area (Å²) in [6.07, 6.45) is 0.609. The van der Waals surface area contributed by atoms with Gasteiger partial charge in [-0.15, -0.1) is 0 Å². The largest absolute Gasteiger partial charge is 0.481 e. The summed E-state index contributed by atoms with van der Waals surface area (Å²) in [5.41, 5.74) is 0.761. The molecule has 1 fully saturated rings. The first kappa shape index (κ1) is 9.65. The number of benzene rings is 1. The molecule has 0 bridgehead atoms. The minimum absolute atomic E-state index is 0.0300. The second-order valence-electron chi connectivity index (χ2n) is 3.43. The van der Waals surface area contributed by atoms with Gasteiger partial charge >= 0.3 is 5.97 Å². The van der Waals surface area contributed by atoms with Crippen LogP contribution in [0.4, 0.5) is 4.39 Å². The number of aliphatic carboxylic acids is 1. The summed E-state index contributed by atoms with van der Waals surface area (Å²) < 4.78 is 13.5. The highest BCUT2D eigenvalue weighted by atomic mass is 79.9. The van der Waals surface area contributed by atoms with E-state index >= 15 is 0 Å². The van der Waals surface area contributed by atoms with E-state index in [0.29, 0.717) is 10.9 Å². The molecule has 0 amide bonds. The molecule has 1 aromatic carbocycles. The van der Waals surface area contributed by atoms with Crippen LogP contribution in [0.25, 0.3) is 0 Å². The molecule has 2 nitrogen and oxygen atoms in total. The highest BCUT2D eigenvalue weighted by Gasteiger charge is 2.45. The maximum atomic E-state index is 13.1. The number of carbonyl (C=O) groups is 1. The van der Waals surface area contributed by atoms with Gasteiger partial charge in [-0.1, -0.05) is 12.1 Å². The van der Waals surface area contributed by atoms with Gasteiger partial charge in [0.2, 0.25) is 0 Å². The fraction of sp³-hybridized carbons (Fsp3) is 0.300. The Kier molecular flexibility index (Phi) is 2.31. The van der Waals surface area contributed by atoms with Gasteiger partial charge in [-0.3, -0.25) is 4.79 Å². The van der Waals surface area contributed by atoms with Crippen molar-refractivity contribution in [2.24, 2.45) is 5.92 Å². The molecule has 0 spiro atoms. The molecule has 74 valence electrons. The van der Waals surface area contributed by atoms with Crippen LogP contribution < -0.4 is 0 Å². The average Bonchev–Trinajstić information content (AvgIpc) is 2.89. The van der Waals surface area contributed by atoms with E-state index in [0.717, 1.165) is 5.56 Å². The van der Waals surface area contributed by atoms with Gasteiger partial charge in [0.1, 0.15) is 5.82 Å². The molecular weight excluding hydrogens is 251 g/mol. The van der Waals surface area contributed by atoms with Crippen molar-refractivity contribution >= 4 is 21.9 Å². The molecule has 0 aliphatic heterocycles. The van der Waals surface area contributed by atoms with Crippen molar-refractivity contribution in [3.63, 3.8) is 0 Å². The zero-order chi connectivity index (χ0) is 10.3. The molecule has 1 saturated carbocycles. The number of rotatable bonds is 2. The Bertz CT molecular complexity index is 392. The number of halogens is 2. The number of carboxylic acid groups (broad SMARTS) is 1. The molecule has 0 radical (unpaired) electrons. The molecule has 2 rings (SSSR count). The lowest BCUT2D eigenvalue weighted by Gasteiger charge is -2.02. The van der Waals surface area contributed by atoms with Crippen molar-refractivity contribution in [3.05, 3.63) is 34.1 Å².